The van der Waals surface area contributed by atoms with Gasteiger partial charge in [0.25, 0.3) is 5.91 Å². The van der Waals surface area contributed by atoms with Gasteiger partial charge in [0.15, 0.2) is 5.78 Å². The van der Waals surface area contributed by atoms with Gasteiger partial charge in [-0.05, 0) is 50.6 Å². The number of carbonyl (C=O) groups excluding carboxylic acids is 2. The number of nitrogens with zero attached hydrogens (tertiary/aromatic N) is 4. The molecule has 7 nitrogen and oxygen atoms in total. The molecule has 1 fully saturated rings. The number of benzene rings is 1. The number of aryl methyl sites for hydroxylation is 2. The highest BCUT2D eigenvalue weighted by molar-refractivity contribution is 7.12. The highest BCUT2D eigenvalue weighted by Crippen LogP contribution is 2.46. The third-order valence-electron chi connectivity index (χ3n) is 7.24. The summed E-state index contributed by atoms with van der Waals surface area (Å²) in [6.07, 6.45) is 2.76. The summed E-state index contributed by atoms with van der Waals surface area (Å²) in [5, 5.41) is 5.63. The molecule has 1 aliphatic carbocycles. The van der Waals surface area contributed by atoms with E-state index in [2.05, 4.69) is 30.9 Å². The van der Waals surface area contributed by atoms with Crippen molar-refractivity contribution < 1.29 is 18.4 Å². The Kier molecular flexibility index (Phi) is 4.93. The third-order valence-corrected chi connectivity index (χ3v) is 8.72. The molecule has 0 unspecified atom stereocenters. The number of thiazole rings is 1. The van der Waals surface area contributed by atoms with Crippen molar-refractivity contribution in [2.75, 3.05) is 19.7 Å². The molecule has 0 atom stereocenters. The third kappa shape index (κ3) is 4.15. The van der Waals surface area contributed by atoms with Crippen molar-refractivity contribution in [3.8, 4) is 5.75 Å². The van der Waals surface area contributed by atoms with E-state index in [0.29, 0.717) is 54.0 Å². The van der Waals surface area contributed by atoms with E-state index in [-0.39, 0.29) is 28.2 Å². The van der Waals surface area contributed by atoms with Crippen LogP contribution in [0.25, 0.3) is 10.9 Å². The summed E-state index contributed by atoms with van der Waals surface area (Å²) in [7, 11) is 1.68. The van der Waals surface area contributed by atoms with Crippen molar-refractivity contribution in [1.82, 2.24) is 19.7 Å². The number of fused-ring (bicyclic) bond motifs is 2. The molecule has 0 bridgehead atoms. The number of likely N-dealkylation sites (tertiary alicyclic amines) is 1. The van der Waals surface area contributed by atoms with Crippen LogP contribution in [0.1, 0.15) is 87.5 Å². The minimum atomic E-state index is -2.42. The van der Waals surface area contributed by atoms with Crippen molar-refractivity contribution in [2.24, 2.45) is 12.5 Å². The van der Waals surface area contributed by atoms with Crippen LogP contribution >= 0.6 is 11.3 Å². The molecular weight excluding hydrogens is 460 g/mol. The summed E-state index contributed by atoms with van der Waals surface area (Å²) >= 11 is 1.65. The molecule has 5 rings (SSSR count). The van der Waals surface area contributed by atoms with Gasteiger partial charge in [0, 0.05) is 51.9 Å². The fraction of sp³-hybridized carbons (Fsp3) is 0.556. The molecule has 0 radical (unpaired) electrons. The van der Waals surface area contributed by atoms with E-state index in [9.17, 15) is 9.59 Å². The van der Waals surface area contributed by atoms with Crippen LogP contribution in [0.15, 0.2) is 12.1 Å². The highest BCUT2D eigenvalue weighted by atomic mass is 32.1. The lowest BCUT2D eigenvalue weighted by molar-refractivity contribution is 0.0522. The molecule has 35 heavy (non-hydrogen) atoms. The maximum Gasteiger partial charge on any atom is 0.254 e. The molecule has 186 valence electrons. The van der Waals surface area contributed by atoms with Gasteiger partial charge in [-0.15, -0.1) is 11.3 Å². The van der Waals surface area contributed by atoms with Crippen molar-refractivity contribution >= 4 is 33.9 Å². The number of rotatable bonds is 3. The van der Waals surface area contributed by atoms with E-state index in [1.54, 1.807) is 35.4 Å². The van der Waals surface area contributed by atoms with Gasteiger partial charge in [-0.3, -0.25) is 14.3 Å². The van der Waals surface area contributed by atoms with Crippen LogP contribution in [0.4, 0.5) is 0 Å². The summed E-state index contributed by atoms with van der Waals surface area (Å²) in [6, 6.07) is 3.31. The van der Waals surface area contributed by atoms with Crippen molar-refractivity contribution in [2.45, 2.75) is 65.6 Å². The van der Waals surface area contributed by atoms with Crippen molar-refractivity contribution in [3.05, 3.63) is 39.0 Å². The van der Waals surface area contributed by atoms with Crippen LogP contribution < -0.4 is 4.74 Å². The Hall–Kier alpha value is -2.74. The normalized spacial score (nSPS) is 19.4. The number of hydrogen-bond donors (Lipinski definition) is 0. The lowest BCUT2D eigenvalue weighted by Gasteiger charge is -2.43. The molecule has 1 amide bonds. The van der Waals surface area contributed by atoms with Gasteiger partial charge in [-0.25, -0.2) is 4.98 Å². The molecule has 1 aliphatic heterocycles. The topological polar surface area (TPSA) is 77.3 Å². The molecule has 1 saturated heterocycles. The first kappa shape index (κ1) is 20.5. The predicted octanol–water partition coefficient (Wildman–Crippen LogP) is 5.09. The highest BCUT2D eigenvalue weighted by Gasteiger charge is 2.44. The number of amides is 1. The smallest absolute Gasteiger partial charge is 0.254 e. The number of ether oxygens (including phenoxy) is 1. The van der Waals surface area contributed by atoms with Crippen molar-refractivity contribution in [3.63, 3.8) is 0 Å². The molecule has 3 aromatic rings. The second kappa shape index (κ2) is 8.43. The number of piperidine rings is 1. The first-order chi connectivity index (χ1) is 17.7. The fourth-order valence-electron chi connectivity index (χ4n) is 5.32. The molecule has 0 N–H and O–H groups in total. The summed E-state index contributed by atoms with van der Waals surface area (Å²) in [6.45, 7) is 7.21. The van der Waals surface area contributed by atoms with Gasteiger partial charge in [0.05, 0.1) is 17.3 Å². The number of carbonyl (C=O) groups is 2. The Labute approximate surface area is 214 Å². The molecule has 1 aromatic carbocycles. The Morgan fingerprint density at radius 1 is 1.26 bits per heavy atom. The van der Waals surface area contributed by atoms with Gasteiger partial charge in [-0.1, -0.05) is 20.8 Å². The molecule has 8 heteroatoms. The molecule has 2 aliphatic rings. The summed E-state index contributed by atoms with van der Waals surface area (Å²) in [5.41, 5.74) is 1.29. The number of hydrogen-bond acceptors (Lipinski definition) is 6. The van der Waals surface area contributed by atoms with E-state index >= 15 is 0 Å². The van der Waals surface area contributed by atoms with E-state index in [1.807, 2.05) is 6.92 Å². The zero-order valence-corrected chi connectivity index (χ0v) is 21.8. The molecule has 1 spiro atoms. The molecular formula is C27H34N4O3S. The Balaban J connectivity index is 1.40. The number of ketones is 1. The number of Topliss-reactive ketones (excluding diaryl/α,β-unsaturated/α-hetero) is 1. The zero-order valence-electron chi connectivity index (χ0n) is 24.0. The summed E-state index contributed by atoms with van der Waals surface area (Å²) in [4.78, 5) is 34.3. The van der Waals surface area contributed by atoms with Crippen LogP contribution in [0.5, 0.6) is 5.75 Å². The standard InChI is InChI=1S/C27H34N4O3S/c1-7-34-20-13-17(12-18-16(2)29-30(6)23(18)20)24(33)31-10-8-27(9-11-31)14-19(32)22-21(15-27)35-25(28-22)26(3,4)5/h12-13H,7-11,14-15H2,1-6H3/i2D3. The fourth-order valence-corrected chi connectivity index (χ4v) is 6.63. The minimum Gasteiger partial charge on any atom is -0.492 e. The van der Waals surface area contributed by atoms with Gasteiger partial charge in [-0.2, -0.15) is 5.10 Å². The number of aromatic nitrogens is 3. The second-order valence-corrected chi connectivity index (χ2v) is 12.0. The van der Waals surface area contributed by atoms with E-state index in [1.165, 1.54) is 4.68 Å². The van der Waals surface area contributed by atoms with E-state index in [0.717, 1.165) is 29.1 Å². The maximum atomic E-state index is 13.6. The first-order valence-corrected chi connectivity index (χ1v) is 13.0. The van der Waals surface area contributed by atoms with Crippen molar-refractivity contribution in [1.29, 1.82) is 0 Å². The average molecular weight is 498 g/mol. The van der Waals surface area contributed by atoms with Crippen LogP contribution in [0, 0.1) is 12.3 Å². The lowest BCUT2D eigenvalue weighted by atomic mass is 9.68. The van der Waals surface area contributed by atoms with Crippen LogP contribution in [-0.4, -0.2) is 51.1 Å². The average Bonchev–Trinajstić information content (AvgIpc) is 3.41. The van der Waals surface area contributed by atoms with Gasteiger partial charge in [0.2, 0.25) is 0 Å². The van der Waals surface area contributed by atoms with Gasteiger partial charge >= 0.3 is 0 Å². The summed E-state index contributed by atoms with van der Waals surface area (Å²) < 4.78 is 31.1. The SMILES string of the molecule is [2H]C([2H])([2H])c1nn(C)c2c(OCC)cc(C(=O)N3CCC4(CC3)CC(=O)c3nc(C(C)(C)C)sc3C4)cc12. The second-order valence-electron chi connectivity index (χ2n) is 10.9. The molecule has 3 heterocycles. The van der Waals surface area contributed by atoms with E-state index in [4.69, 9.17) is 8.85 Å². The van der Waals surface area contributed by atoms with Crippen LogP contribution in [0.3, 0.4) is 0 Å². The molecule has 0 saturated carbocycles. The largest absolute Gasteiger partial charge is 0.492 e. The van der Waals surface area contributed by atoms with Gasteiger partial charge < -0.3 is 9.64 Å². The van der Waals surface area contributed by atoms with Crippen LogP contribution in [-0.2, 0) is 18.9 Å². The summed E-state index contributed by atoms with van der Waals surface area (Å²) in [5.74, 6) is 0.384. The van der Waals surface area contributed by atoms with Gasteiger partial charge in [0.1, 0.15) is 17.0 Å². The lowest BCUT2D eigenvalue weighted by Crippen LogP contribution is -2.46. The Bertz CT molecular complexity index is 1430. The van der Waals surface area contributed by atoms with Crippen LogP contribution in [0.2, 0.25) is 0 Å². The Morgan fingerprint density at radius 3 is 2.66 bits per heavy atom. The first-order valence-electron chi connectivity index (χ1n) is 13.7. The predicted molar refractivity (Wildman–Crippen MR) is 138 cm³/mol. The van der Waals surface area contributed by atoms with E-state index < -0.39 is 6.85 Å². The monoisotopic (exact) mass is 497 g/mol. The maximum absolute atomic E-state index is 13.6. The molecule has 2 aromatic heterocycles. The Morgan fingerprint density at radius 2 is 2.00 bits per heavy atom. The quantitative estimate of drug-likeness (QED) is 0.504. The zero-order chi connectivity index (χ0) is 27.6. The minimum absolute atomic E-state index is 0.0427.